The fraction of sp³-hybridized carbons (Fsp3) is 0.952. The minimum Gasteiger partial charge on any atom is -0.351 e. The summed E-state index contributed by atoms with van der Waals surface area (Å²) >= 11 is 0. The molecule has 0 aromatic rings. The van der Waals surface area contributed by atoms with E-state index >= 15 is 0 Å². The summed E-state index contributed by atoms with van der Waals surface area (Å²) in [5.41, 5.74) is 6.23. The second kappa shape index (κ2) is 15.4. The van der Waals surface area contributed by atoms with E-state index in [0.29, 0.717) is 26.4 Å². The Labute approximate surface area is 190 Å². The molecule has 0 saturated heterocycles. The van der Waals surface area contributed by atoms with E-state index in [1.54, 1.807) is 0 Å². The molecule has 0 aliphatic rings. The van der Waals surface area contributed by atoms with Gasteiger partial charge in [0.15, 0.2) is 11.6 Å². The molecule has 0 spiro atoms. The number of carbonyl (C=O) groups excluding carboxylic acids is 1. The second-order valence-electron chi connectivity index (χ2n) is 8.23. The standard InChI is InChI=1S/C21H48N2O5Si2/c1-7-25-20(5,26-8-2)15-11-13-17(29)23(19(22)24)18(30)14-12-16-21(6,27-9-3)28-10-4/h17-18H,7-16H2,1-6,29-30H3,(H2,22,24). The fourth-order valence-corrected chi connectivity index (χ4v) is 7.12. The highest BCUT2D eigenvalue weighted by molar-refractivity contribution is 6.16. The van der Waals surface area contributed by atoms with Gasteiger partial charge in [0.2, 0.25) is 0 Å². The van der Waals surface area contributed by atoms with Gasteiger partial charge in [0.1, 0.15) is 0 Å². The monoisotopic (exact) mass is 464 g/mol. The molecule has 0 radical (unpaired) electrons. The van der Waals surface area contributed by atoms with Gasteiger partial charge in [-0.25, -0.2) is 4.79 Å². The van der Waals surface area contributed by atoms with Crippen molar-refractivity contribution in [1.82, 2.24) is 4.90 Å². The summed E-state index contributed by atoms with van der Waals surface area (Å²) in [6.45, 7) is 14.4. The van der Waals surface area contributed by atoms with Gasteiger partial charge in [0, 0.05) is 71.1 Å². The Morgan fingerprint density at radius 2 is 1.10 bits per heavy atom. The number of rotatable bonds is 18. The van der Waals surface area contributed by atoms with E-state index in [2.05, 4.69) is 0 Å². The molecule has 0 rings (SSSR count). The van der Waals surface area contributed by atoms with Crippen molar-refractivity contribution in [2.24, 2.45) is 5.73 Å². The molecular weight excluding hydrogens is 416 g/mol. The van der Waals surface area contributed by atoms with Crippen molar-refractivity contribution in [1.29, 1.82) is 0 Å². The number of nitrogens with two attached hydrogens (primary N) is 1. The van der Waals surface area contributed by atoms with Crippen LogP contribution >= 0.6 is 0 Å². The highest BCUT2D eigenvalue weighted by Gasteiger charge is 2.29. The number of carbonyl (C=O) groups is 1. The lowest BCUT2D eigenvalue weighted by atomic mass is 10.1. The van der Waals surface area contributed by atoms with Gasteiger partial charge in [-0.15, -0.1) is 0 Å². The van der Waals surface area contributed by atoms with E-state index in [4.69, 9.17) is 24.7 Å². The first-order valence-electron chi connectivity index (χ1n) is 11.7. The molecule has 2 unspecified atom stereocenters. The van der Waals surface area contributed by atoms with Crippen molar-refractivity contribution in [3.8, 4) is 0 Å². The number of nitrogens with zero attached hydrogens (tertiary/aromatic N) is 1. The molecule has 0 bridgehead atoms. The molecule has 0 aromatic carbocycles. The van der Waals surface area contributed by atoms with Crippen LogP contribution in [0.3, 0.4) is 0 Å². The first-order chi connectivity index (χ1) is 14.1. The Morgan fingerprint density at radius 1 is 0.800 bits per heavy atom. The number of amides is 2. The molecule has 7 nitrogen and oxygen atoms in total. The number of urea groups is 1. The summed E-state index contributed by atoms with van der Waals surface area (Å²) in [7, 11) is 1.78. The number of hydrogen-bond acceptors (Lipinski definition) is 5. The summed E-state index contributed by atoms with van der Waals surface area (Å²) in [5, 5.41) is 0. The maximum absolute atomic E-state index is 12.2. The third-order valence-electron chi connectivity index (χ3n) is 5.51. The Bertz CT molecular complexity index is 425. The zero-order valence-corrected chi connectivity index (χ0v) is 24.8. The van der Waals surface area contributed by atoms with Crippen LogP contribution in [0.15, 0.2) is 0 Å². The van der Waals surface area contributed by atoms with Crippen LogP contribution in [0.25, 0.3) is 0 Å². The van der Waals surface area contributed by atoms with Crippen LogP contribution in [-0.2, 0) is 18.9 Å². The largest absolute Gasteiger partial charge is 0.351 e. The van der Waals surface area contributed by atoms with E-state index in [9.17, 15) is 4.79 Å². The van der Waals surface area contributed by atoms with Crippen LogP contribution < -0.4 is 5.73 Å². The Morgan fingerprint density at radius 3 is 1.33 bits per heavy atom. The highest BCUT2D eigenvalue weighted by atomic mass is 28.1. The van der Waals surface area contributed by atoms with Gasteiger partial charge in [-0.2, -0.15) is 0 Å². The zero-order valence-electron chi connectivity index (χ0n) is 20.8. The van der Waals surface area contributed by atoms with Gasteiger partial charge in [-0.3, -0.25) is 0 Å². The van der Waals surface area contributed by atoms with E-state index < -0.39 is 11.6 Å². The van der Waals surface area contributed by atoms with E-state index in [1.165, 1.54) is 0 Å². The van der Waals surface area contributed by atoms with Gasteiger partial charge in [0.05, 0.1) is 0 Å². The molecule has 2 amide bonds. The van der Waals surface area contributed by atoms with E-state index in [-0.39, 0.29) is 17.4 Å². The molecule has 0 heterocycles. The summed E-state index contributed by atoms with van der Waals surface area (Å²) in [6.07, 6.45) is 5.36. The predicted molar refractivity (Wildman–Crippen MR) is 130 cm³/mol. The maximum Gasteiger partial charge on any atom is 0.314 e. The molecule has 0 aliphatic heterocycles. The van der Waals surface area contributed by atoms with Gasteiger partial charge >= 0.3 is 6.03 Å². The van der Waals surface area contributed by atoms with Crippen molar-refractivity contribution >= 4 is 26.5 Å². The van der Waals surface area contributed by atoms with Crippen molar-refractivity contribution in [3.63, 3.8) is 0 Å². The number of hydrogen-bond donors (Lipinski definition) is 1. The first-order valence-corrected chi connectivity index (χ1v) is 14.0. The number of primary amides is 1. The number of ether oxygens (including phenoxy) is 4. The average molecular weight is 465 g/mol. The molecule has 180 valence electrons. The van der Waals surface area contributed by atoms with Crippen molar-refractivity contribution < 1.29 is 23.7 Å². The van der Waals surface area contributed by atoms with Crippen molar-refractivity contribution in [2.45, 2.75) is 103 Å². The Kier molecular flexibility index (Phi) is 15.1. The summed E-state index contributed by atoms with van der Waals surface area (Å²) in [4.78, 5) is 14.1. The average Bonchev–Trinajstić information content (AvgIpc) is 2.62. The van der Waals surface area contributed by atoms with Gasteiger partial charge < -0.3 is 29.6 Å². The first kappa shape index (κ1) is 29.5. The van der Waals surface area contributed by atoms with E-state index in [1.807, 2.05) is 46.4 Å². The fourth-order valence-electron chi connectivity index (χ4n) is 4.18. The van der Waals surface area contributed by atoms with Crippen molar-refractivity contribution in [3.05, 3.63) is 0 Å². The normalized spacial score (nSPS) is 14.7. The Balaban J connectivity index is 4.72. The molecule has 9 heteroatoms. The van der Waals surface area contributed by atoms with Crippen LogP contribution in [0.2, 0.25) is 0 Å². The highest BCUT2D eigenvalue weighted by Crippen LogP contribution is 2.24. The molecular formula is C21H48N2O5Si2. The van der Waals surface area contributed by atoms with Crippen LogP contribution in [0.5, 0.6) is 0 Å². The lowest BCUT2D eigenvalue weighted by Gasteiger charge is -2.36. The summed E-state index contributed by atoms with van der Waals surface area (Å²) < 4.78 is 23.2. The minimum atomic E-state index is -0.550. The van der Waals surface area contributed by atoms with Crippen molar-refractivity contribution in [2.75, 3.05) is 26.4 Å². The van der Waals surface area contributed by atoms with Crippen LogP contribution in [0.1, 0.15) is 80.1 Å². The summed E-state index contributed by atoms with van der Waals surface area (Å²) in [6, 6.07) is -0.301. The van der Waals surface area contributed by atoms with Gasteiger partial charge in [0.25, 0.3) is 0 Å². The molecule has 2 N–H and O–H groups in total. The lowest BCUT2D eigenvalue weighted by Crippen LogP contribution is -2.50. The second-order valence-corrected chi connectivity index (χ2v) is 10.9. The third kappa shape index (κ3) is 11.2. The van der Waals surface area contributed by atoms with E-state index in [0.717, 1.165) is 59.0 Å². The molecule has 30 heavy (non-hydrogen) atoms. The topological polar surface area (TPSA) is 83.3 Å². The smallest absolute Gasteiger partial charge is 0.314 e. The molecule has 0 aromatic heterocycles. The SMILES string of the molecule is CCOC(C)(CCCC([SiH3])N(C(N)=O)C([SiH3])CCCC(C)(OCC)OCC)OCC. The predicted octanol–water partition coefficient (Wildman–Crippen LogP) is 1.67. The maximum atomic E-state index is 12.2. The minimum absolute atomic E-state index is 0.225. The molecule has 0 saturated carbocycles. The summed E-state index contributed by atoms with van der Waals surface area (Å²) in [5.74, 6) is -1.10. The molecule has 0 aliphatic carbocycles. The van der Waals surface area contributed by atoms with Crippen LogP contribution in [-0.4, -0.2) is 80.7 Å². The Hall–Kier alpha value is -0.456. The van der Waals surface area contributed by atoms with Crippen LogP contribution in [0, 0.1) is 0 Å². The van der Waals surface area contributed by atoms with Gasteiger partial charge in [-0.05, 0) is 67.2 Å². The quantitative estimate of drug-likeness (QED) is 0.246. The zero-order chi connectivity index (χ0) is 23.2. The van der Waals surface area contributed by atoms with Crippen LogP contribution in [0.4, 0.5) is 4.79 Å². The third-order valence-corrected chi connectivity index (χ3v) is 7.78. The lowest BCUT2D eigenvalue weighted by molar-refractivity contribution is -0.225. The van der Waals surface area contributed by atoms with Gasteiger partial charge in [-0.1, -0.05) is 0 Å². The molecule has 2 atom stereocenters. The molecule has 0 fully saturated rings.